The van der Waals surface area contributed by atoms with Gasteiger partial charge in [-0.15, -0.1) is 0 Å². The molecule has 4 aromatic rings. The number of anilines is 1. The number of Topliss-reactive ketones (excluding diaryl/α,β-unsaturated/α-hetero) is 2. The number of rotatable bonds is 5. The van der Waals surface area contributed by atoms with E-state index in [1.807, 2.05) is 60.7 Å². The van der Waals surface area contributed by atoms with Gasteiger partial charge in [0.15, 0.2) is 11.6 Å². The van der Waals surface area contributed by atoms with Crippen LogP contribution in [0, 0.1) is 0 Å². The number of hydrogen-bond acceptors (Lipinski definition) is 3. The molecule has 0 unspecified atom stereocenters. The Morgan fingerprint density at radius 3 is 1.67 bits per heavy atom. The molecule has 0 heterocycles. The molecule has 5 rings (SSSR count). The summed E-state index contributed by atoms with van der Waals surface area (Å²) in [7, 11) is 0. The van der Waals surface area contributed by atoms with Gasteiger partial charge >= 0.3 is 0 Å². The van der Waals surface area contributed by atoms with Crippen molar-refractivity contribution < 1.29 is 14.4 Å². The molecule has 0 radical (unpaired) electrons. The van der Waals surface area contributed by atoms with E-state index in [1.54, 1.807) is 48.5 Å². The summed E-state index contributed by atoms with van der Waals surface area (Å²) < 4.78 is 0. The van der Waals surface area contributed by atoms with Gasteiger partial charge in [0.05, 0.1) is 6.42 Å². The average molecular weight is 431 g/mol. The standard InChI is InChI=1S/C29H21NO3/c31-26(30-23-17-15-21(16-18-23)20-9-3-1-4-10-20)19-29(22-11-5-2-6-12-22)27(32)24-13-7-8-14-25(24)28(29)33/h1-18H,19H2,(H,30,31). The number of hydrogen-bond donors (Lipinski definition) is 1. The summed E-state index contributed by atoms with van der Waals surface area (Å²) in [5.41, 5.74) is 2.44. The van der Waals surface area contributed by atoms with Crippen molar-refractivity contribution in [3.8, 4) is 11.1 Å². The molecule has 0 spiro atoms. The van der Waals surface area contributed by atoms with E-state index in [0.717, 1.165) is 11.1 Å². The van der Waals surface area contributed by atoms with Crippen molar-refractivity contribution in [3.63, 3.8) is 0 Å². The Hall–Kier alpha value is -4.31. The Labute approximate surface area is 191 Å². The SMILES string of the molecule is O=C(CC1(c2ccccc2)C(=O)c2ccccc2C1=O)Nc1ccc(-c2ccccc2)cc1. The maximum absolute atomic E-state index is 13.5. The highest BCUT2D eigenvalue weighted by atomic mass is 16.2. The molecule has 4 aromatic carbocycles. The third-order valence-corrected chi connectivity index (χ3v) is 6.16. The topological polar surface area (TPSA) is 63.2 Å². The van der Waals surface area contributed by atoms with Gasteiger partial charge in [0.25, 0.3) is 0 Å². The first-order valence-corrected chi connectivity index (χ1v) is 10.8. The highest BCUT2D eigenvalue weighted by Gasteiger charge is 2.55. The van der Waals surface area contributed by atoms with Crippen molar-refractivity contribution in [2.75, 3.05) is 5.32 Å². The number of carbonyl (C=O) groups excluding carboxylic acids is 3. The Morgan fingerprint density at radius 1 is 0.606 bits per heavy atom. The van der Waals surface area contributed by atoms with E-state index in [1.165, 1.54) is 0 Å². The van der Waals surface area contributed by atoms with Crippen LogP contribution in [0.4, 0.5) is 5.69 Å². The molecular weight excluding hydrogens is 410 g/mol. The van der Waals surface area contributed by atoms with Crippen LogP contribution >= 0.6 is 0 Å². The van der Waals surface area contributed by atoms with Crippen LogP contribution in [0.15, 0.2) is 109 Å². The van der Waals surface area contributed by atoms with E-state index in [2.05, 4.69) is 5.32 Å². The summed E-state index contributed by atoms with van der Waals surface area (Å²) in [6.45, 7) is 0. The number of amides is 1. The van der Waals surface area contributed by atoms with E-state index < -0.39 is 5.41 Å². The van der Waals surface area contributed by atoms with Gasteiger partial charge in [-0.3, -0.25) is 14.4 Å². The van der Waals surface area contributed by atoms with Gasteiger partial charge in [-0.1, -0.05) is 97.1 Å². The molecule has 160 valence electrons. The molecule has 0 atom stereocenters. The molecule has 1 amide bonds. The first kappa shape index (κ1) is 20.6. The summed E-state index contributed by atoms with van der Waals surface area (Å²) in [5, 5.41) is 2.87. The zero-order valence-electron chi connectivity index (χ0n) is 17.8. The summed E-state index contributed by atoms with van der Waals surface area (Å²) in [4.78, 5) is 40.2. The van der Waals surface area contributed by atoms with E-state index in [4.69, 9.17) is 0 Å². The smallest absolute Gasteiger partial charge is 0.226 e. The number of nitrogens with one attached hydrogen (secondary N) is 1. The molecule has 0 aromatic heterocycles. The number of carbonyl (C=O) groups is 3. The molecule has 0 saturated heterocycles. The fourth-order valence-corrected chi connectivity index (χ4v) is 4.51. The van der Waals surface area contributed by atoms with Crippen LogP contribution < -0.4 is 5.32 Å². The van der Waals surface area contributed by atoms with Crippen molar-refractivity contribution >= 4 is 23.2 Å². The Balaban J connectivity index is 1.44. The van der Waals surface area contributed by atoms with Gasteiger partial charge in [-0.05, 0) is 28.8 Å². The fourth-order valence-electron chi connectivity index (χ4n) is 4.51. The lowest BCUT2D eigenvalue weighted by Gasteiger charge is -2.26. The molecule has 0 saturated carbocycles. The number of benzene rings is 4. The summed E-state index contributed by atoms with van der Waals surface area (Å²) in [6, 6.07) is 33.1. The minimum atomic E-state index is -1.56. The van der Waals surface area contributed by atoms with Crippen LogP contribution in [0.3, 0.4) is 0 Å². The summed E-state index contributed by atoms with van der Waals surface area (Å²) >= 11 is 0. The van der Waals surface area contributed by atoms with Crippen molar-refractivity contribution in [3.05, 3.63) is 126 Å². The zero-order valence-corrected chi connectivity index (χ0v) is 17.8. The van der Waals surface area contributed by atoms with E-state index in [9.17, 15) is 14.4 Å². The molecule has 33 heavy (non-hydrogen) atoms. The monoisotopic (exact) mass is 431 g/mol. The van der Waals surface area contributed by atoms with E-state index >= 15 is 0 Å². The predicted molar refractivity (Wildman–Crippen MR) is 128 cm³/mol. The fraction of sp³-hybridized carbons (Fsp3) is 0.0690. The quantitative estimate of drug-likeness (QED) is 0.412. The third kappa shape index (κ3) is 3.56. The summed E-state index contributed by atoms with van der Waals surface area (Å²) in [5.74, 6) is -1.05. The molecular formula is C29H21NO3. The number of fused-ring (bicyclic) bond motifs is 1. The zero-order chi connectivity index (χ0) is 22.8. The molecule has 4 heteroatoms. The normalized spacial score (nSPS) is 14.1. The lowest BCUT2D eigenvalue weighted by atomic mass is 9.73. The second-order valence-corrected chi connectivity index (χ2v) is 8.14. The van der Waals surface area contributed by atoms with Gasteiger partial charge in [0.1, 0.15) is 5.41 Å². The van der Waals surface area contributed by atoms with Gasteiger partial charge in [0.2, 0.25) is 5.91 Å². The maximum atomic E-state index is 13.5. The highest BCUT2D eigenvalue weighted by Crippen LogP contribution is 2.42. The van der Waals surface area contributed by atoms with E-state index in [-0.39, 0.29) is 23.9 Å². The van der Waals surface area contributed by atoms with Crippen LogP contribution in [0.2, 0.25) is 0 Å². The van der Waals surface area contributed by atoms with Crippen LogP contribution in [0.5, 0.6) is 0 Å². The molecule has 1 N–H and O–H groups in total. The second kappa shape index (κ2) is 8.32. The van der Waals surface area contributed by atoms with E-state index in [0.29, 0.717) is 22.4 Å². The average Bonchev–Trinajstić information content (AvgIpc) is 3.08. The van der Waals surface area contributed by atoms with Gasteiger partial charge in [-0.25, -0.2) is 0 Å². The Kier molecular flexibility index (Phi) is 5.19. The summed E-state index contributed by atoms with van der Waals surface area (Å²) in [6.07, 6.45) is -0.260. The maximum Gasteiger partial charge on any atom is 0.226 e. The highest BCUT2D eigenvalue weighted by molar-refractivity contribution is 6.34. The number of ketones is 2. The van der Waals surface area contributed by atoms with Crippen molar-refractivity contribution in [2.24, 2.45) is 0 Å². The Bertz CT molecular complexity index is 1310. The first-order chi connectivity index (χ1) is 16.1. The molecule has 1 aliphatic rings. The van der Waals surface area contributed by atoms with Crippen molar-refractivity contribution in [1.29, 1.82) is 0 Å². The van der Waals surface area contributed by atoms with Gasteiger partial charge in [0, 0.05) is 16.8 Å². The molecule has 0 aliphatic heterocycles. The van der Waals surface area contributed by atoms with Crippen molar-refractivity contribution in [2.45, 2.75) is 11.8 Å². The second-order valence-electron chi connectivity index (χ2n) is 8.14. The molecule has 0 fully saturated rings. The van der Waals surface area contributed by atoms with Crippen LogP contribution in [0.1, 0.15) is 32.7 Å². The third-order valence-electron chi connectivity index (χ3n) is 6.16. The molecule has 0 bridgehead atoms. The Morgan fingerprint density at radius 2 is 1.09 bits per heavy atom. The first-order valence-electron chi connectivity index (χ1n) is 10.8. The minimum Gasteiger partial charge on any atom is -0.326 e. The van der Waals surface area contributed by atoms with Gasteiger partial charge < -0.3 is 5.32 Å². The predicted octanol–water partition coefficient (Wildman–Crippen LogP) is 5.70. The van der Waals surface area contributed by atoms with Crippen LogP contribution in [-0.4, -0.2) is 17.5 Å². The lowest BCUT2D eigenvalue weighted by Crippen LogP contribution is -2.41. The van der Waals surface area contributed by atoms with Gasteiger partial charge in [-0.2, -0.15) is 0 Å². The molecule has 1 aliphatic carbocycles. The van der Waals surface area contributed by atoms with Crippen LogP contribution in [0.25, 0.3) is 11.1 Å². The van der Waals surface area contributed by atoms with Crippen LogP contribution in [-0.2, 0) is 10.2 Å². The molecule has 4 nitrogen and oxygen atoms in total. The largest absolute Gasteiger partial charge is 0.326 e. The minimum absolute atomic E-state index is 0.260. The van der Waals surface area contributed by atoms with Crippen molar-refractivity contribution in [1.82, 2.24) is 0 Å². The lowest BCUT2D eigenvalue weighted by molar-refractivity contribution is -0.116.